The average molecular weight is 560 g/mol. The van der Waals surface area contributed by atoms with Crippen LogP contribution in [0.1, 0.15) is 29.2 Å². The molecule has 0 bridgehead atoms. The largest absolute Gasteiger partial charge is 0.455 e. The lowest BCUT2D eigenvalue weighted by Gasteiger charge is -2.37. The minimum absolute atomic E-state index is 0.0238. The van der Waals surface area contributed by atoms with Crippen LogP contribution in [0.25, 0.3) is 11.3 Å². The van der Waals surface area contributed by atoms with Gasteiger partial charge in [-0.2, -0.15) is 0 Å². The van der Waals surface area contributed by atoms with E-state index in [9.17, 15) is 4.79 Å². The molecule has 9 heteroatoms. The fraction of sp³-hybridized carbons (Fsp3) is 0.300. The molecule has 0 atom stereocenters. The van der Waals surface area contributed by atoms with E-state index in [4.69, 9.17) is 26.0 Å². The lowest BCUT2D eigenvalue weighted by molar-refractivity contribution is 0.0760. The summed E-state index contributed by atoms with van der Waals surface area (Å²) in [5, 5.41) is 1.46. The van der Waals surface area contributed by atoms with Crippen molar-refractivity contribution < 1.29 is 9.21 Å². The van der Waals surface area contributed by atoms with Crippen molar-refractivity contribution in [2.24, 2.45) is 0 Å². The van der Waals surface area contributed by atoms with Crippen molar-refractivity contribution in [3.63, 3.8) is 0 Å². The lowest BCUT2D eigenvalue weighted by atomic mass is 10.1. The number of para-hydroxylation sites is 1. The van der Waals surface area contributed by atoms with Crippen LogP contribution in [-0.2, 0) is 5.75 Å². The Kier molecular flexibility index (Phi) is 7.74. The number of aromatic nitrogens is 2. The molecule has 0 N–H and O–H groups in total. The van der Waals surface area contributed by atoms with Crippen molar-refractivity contribution in [1.82, 2.24) is 14.9 Å². The molecule has 7 nitrogen and oxygen atoms in total. The molecule has 39 heavy (non-hydrogen) atoms. The van der Waals surface area contributed by atoms with Gasteiger partial charge < -0.3 is 19.1 Å². The van der Waals surface area contributed by atoms with Crippen LogP contribution in [0.3, 0.4) is 0 Å². The fourth-order valence-corrected chi connectivity index (χ4v) is 6.07. The number of hydrogen-bond acceptors (Lipinski definition) is 7. The quantitative estimate of drug-likeness (QED) is 0.196. The SMILES string of the molecule is O=C(c1ccc(CSc2nc(-c3ccccc3)cc(N3CCN(c4ccccc4Cl)CC3)n2)o1)N1CCCC1. The third-order valence-corrected chi connectivity index (χ3v) is 8.36. The fourth-order valence-electron chi connectivity index (χ4n) is 5.06. The van der Waals surface area contributed by atoms with Crippen molar-refractivity contribution in [3.8, 4) is 11.3 Å². The van der Waals surface area contributed by atoms with Crippen molar-refractivity contribution in [1.29, 1.82) is 0 Å². The summed E-state index contributed by atoms with van der Waals surface area (Å²) in [5.74, 6) is 2.58. The van der Waals surface area contributed by atoms with Crippen molar-refractivity contribution in [2.45, 2.75) is 23.8 Å². The Balaban J connectivity index is 1.19. The first-order valence-corrected chi connectivity index (χ1v) is 14.7. The molecule has 2 aliphatic rings. The summed E-state index contributed by atoms with van der Waals surface area (Å²) in [4.78, 5) is 29.0. The van der Waals surface area contributed by atoms with E-state index in [1.807, 2.05) is 47.4 Å². The normalized spacial score (nSPS) is 15.7. The number of thioether (sulfide) groups is 1. The standard InChI is InChI=1S/C30H30ClN5O2S/c31-24-10-4-5-11-26(24)34-16-18-35(19-17-34)28-20-25(22-8-2-1-3-9-22)32-30(33-28)39-21-23-12-13-27(38-23)29(37)36-14-6-7-15-36/h1-5,8-13,20H,6-7,14-19,21H2. The zero-order chi connectivity index (χ0) is 26.6. The predicted octanol–water partition coefficient (Wildman–Crippen LogP) is 6.24. The first kappa shape index (κ1) is 25.8. The highest BCUT2D eigenvalue weighted by molar-refractivity contribution is 7.98. The highest BCUT2D eigenvalue weighted by Gasteiger charge is 2.23. The number of carbonyl (C=O) groups is 1. The number of furan rings is 1. The van der Waals surface area contributed by atoms with E-state index < -0.39 is 0 Å². The zero-order valence-electron chi connectivity index (χ0n) is 21.6. The molecule has 0 unspecified atom stereocenters. The average Bonchev–Trinajstić information content (AvgIpc) is 3.70. The van der Waals surface area contributed by atoms with Crippen molar-refractivity contribution in [3.05, 3.63) is 89.3 Å². The van der Waals surface area contributed by atoms with E-state index in [0.717, 1.165) is 85.7 Å². The first-order valence-electron chi connectivity index (χ1n) is 13.3. The summed E-state index contributed by atoms with van der Waals surface area (Å²) in [6.07, 6.45) is 2.11. The number of piperazine rings is 1. The molecule has 2 saturated heterocycles. The van der Waals surface area contributed by atoms with E-state index in [2.05, 4.69) is 34.1 Å². The monoisotopic (exact) mass is 559 g/mol. The Morgan fingerprint density at radius 3 is 2.33 bits per heavy atom. The van der Waals surface area contributed by atoms with Gasteiger partial charge in [-0.15, -0.1) is 0 Å². The van der Waals surface area contributed by atoms with Gasteiger partial charge in [-0.1, -0.05) is 65.8 Å². The molecule has 0 aliphatic carbocycles. The van der Waals surface area contributed by atoms with E-state index in [1.54, 1.807) is 6.07 Å². The molecule has 0 radical (unpaired) electrons. The molecular formula is C30H30ClN5O2S. The molecular weight excluding hydrogens is 530 g/mol. The van der Waals surface area contributed by atoms with Gasteiger partial charge in [0.05, 0.1) is 22.2 Å². The van der Waals surface area contributed by atoms with Crippen LogP contribution in [0.15, 0.2) is 82.4 Å². The van der Waals surface area contributed by atoms with Crippen LogP contribution in [0.5, 0.6) is 0 Å². The maximum atomic E-state index is 12.7. The lowest BCUT2D eigenvalue weighted by Crippen LogP contribution is -2.47. The number of carbonyl (C=O) groups excluding carboxylic acids is 1. The number of rotatable bonds is 7. The van der Waals surface area contributed by atoms with Gasteiger partial charge in [-0.05, 0) is 37.1 Å². The molecule has 2 aromatic carbocycles. The summed E-state index contributed by atoms with van der Waals surface area (Å²) in [6.45, 7) is 4.99. The highest BCUT2D eigenvalue weighted by Crippen LogP contribution is 2.30. The molecule has 4 aromatic rings. The topological polar surface area (TPSA) is 65.7 Å². The van der Waals surface area contributed by atoms with E-state index in [0.29, 0.717) is 16.7 Å². The van der Waals surface area contributed by atoms with Crippen LogP contribution in [-0.4, -0.2) is 60.0 Å². The number of hydrogen-bond donors (Lipinski definition) is 0. The first-order chi connectivity index (χ1) is 19.1. The summed E-state index contributed by atoms with van der Waals surface area (Å²) < 4.78 is 5.91. The number of nitrogens with zero attached hydrogens (tertiary/aromatic N) is 5. The highest BCUT2D eigenvalue weighted by atomic mass is 35.5. The van der Waals surface area contributed by atoms with Gasteiger partial charge in [0.25, 0.3) is 5.91 Å². The van der Waals surface area contributed by atoms with E-state index >= 15 is 0 Å². The van der Waals surface area contributed by atoms with Gasteiger partial charge in [-0.3, -0.25) is 4.79 Å². The molecule has 2 aliphatic heterocycles. The maximum Gasteiger partial charge on any atom is 0.289 e. The smallest absolute Gasteiger partial charge is 0.289 e. The number of halogens is 1. The molecule has 2 aromatic heterocycles. The van der Waals surface area contributed by atoms with Gasteiger partial charge in [0.1, 0.15) is 11.6 Å². The minimum atomic E-state index is -0.0238. The second-order valence-corrected chi connectivity index (χ2v) is 11.1. The van der Waals surface area contributed by atoms with Crippen LogP contribution in [0.4, 0.5) is 11.5 Å². The molecule has 0 saturated carbocycles. The van der Waals surface area contributed by atoms with Gasteiger partial charge >= 0.3 is 0 Å². The number of likely N-dealkylation sites (tertiary alicyclic amines) is 1. The van der Waals surface area contributed by atoms with Crippen molar-refractivity contribution >= 4 is 40.8 Å². The molecule has 0 spiro atoms. The molecule has 200 valence electrons. The van der Waals surface area contributed by atoms with Crippen LogP contribution < -0.4 is 9.80 Å². The molecule has 4 heterocycles. The molecule has 1 amide bonds. The summed E-state index contributed by atoms with van der Waals surface area (Å²) in [6, 6.07) is 23.9. The second-order valence-electron chi connectivity index (χ2n) is 9.74. The Morgan fingerprint density at radius 2 is 1.56 bits per heavy atom. The van der Waals surface area contributed by atoms with E-state index in [-0.39, 0.29) is 5.91 Å². The van der Waals surface area contributed by atoms with Gasteiger partial charge in [0.15, 0.2) is 10.9 Å². The number of anilines is 2. The molecule has 2 fully saturated rings. The summed E-state index contributed by atoms with van der Waals surface area (Å²) in [7, 11) is 0. The summed E-state index contributed by atoms with van der Waals surface area (Å²) >= 11 is 7.97. The zero-order valence-corrected chi connectivity index (χ0v) is 23.2. The van der Waals surface area contributed by atoms with Gasteiger partial charge in [0, 0.05) is 50.9 Å². The number of amides is 1. The minimum Gasteiger partial charge on any atom is -0.455 e. The van der Waals surface area contributed by atoms with Crippen LogP contribution in [0, 0.1) is 0 Å². The predicted molar refractivity (Wildman–Crippen MR) is 157 cm³/mol. The van der Waals surface area contributed by atoms with Crippen LogP contribution >= 0.6 is 23.4 Å². The third-order valence-electron chi connectivity index (χ3n) is 7.17. The third kappa shape index (κ3) is 5.92. The second kappa shape index (κ2) is 11.7. The van der Waals surface area contributed by atoms with Gasteiger partial charge in [-0.25, -0.2) is 9.97 Å². The molecule has 6 rings (SSSR count). The Hall–Kier alpha value is -3.49. The number of benzene rings is 2. The maximum absolute atomic E-state index is 12.7. The Labute approximate surface area is 237 Å². The Bertz CT molecular complexity index is 1430. The Morgan fingerprint density at radius 1 is 0.846 bits per heavy atom. The van der Waals surface area contributed by atoms with Crippen molar-refractivity contribution in [2.75, 3.05) is 49.1 Å². The van der Waals surface area contributed by atoms with Crippen LogP contribution in [0.2, 0.25) is 5.02 Å². The van der Waals surface area contributed by atoms with Gasteiger partial charge in [0.2, 0.25) is 0 Å². The van der Waals surface area contributed by atoms with E-state index in [1.165, 1.54) is 11.8 Å². The summed E-state index contributed by atoms with van der Waals surface area (Å²) in [5.41, 5.74) is 3.01.